The molecule has 0 amide bonds. The summed E-state index contributed by atoms with van der Waals surface area (Å²) in [6, 6.07) is 8.40. The highest BCUT2D eigenvalue weighted by Crippen LogP contribution is 2.36. The van der Waals surface area contributed by atoms with Crippen molar-refractivity contribution >= 4 is 5.97 Å². The summed E-state index contributed by atoms with van der Waals surface area (Å²) in [5.74, 6) is -0.210. The minimum Gasteiger partial charge on any atom is -0.462 e. The van der Waals surface area contributed by atoms with Crippen LogP contribution in [-0.4, -0.2) is 17.1 Å². The molecule has 0 spiro atoms. The molecule has 0 unspecified atom stereocenters. The first-order valence-corrected chi connectivity index (χ1v) is 6.66. The summed E-state index contributed by atoms with van der Waals surface area (Å²) in [5, 5.41) is 0. The molecule has 98 valence electrons. The van der Waals surface area contributed by atoms with Gasteiger partial charge in [-0.05, 0) is 30.9 Å². The maximum atomic E-state index is 12.0. The molecule has 1 aliphatic rings. The molecule has 3 nitrogen and oxygen atoms in total. The molecule has 3 heteroatoms. The number of carbonyl (C=O) groups is 1. The second-order valence-corrected chi connectivity index (χ2v) is 4.86. The Morgan fingerprint density at radius 3 is 2.89 bits per heavy atom. The highest BCUT2D eigenvalue weighted by Gasteiger charge is 2.25. The van der Waals surface area contributed by atoms with Crippen molar-refractivity contribution in [3.05, 3.63) is 47.2 Å². The molecule has 0 saturated heterocycles. The molecular weight excluding hydrogens is 238 g/mol. The van der Waals surface area contributed by atoms with E-state index in [1.807, 2.05) is 30.8 Å². The average molecular weight is 255 g/mol. The zero-order valence-electron chi connectivity index (χ0n) is 11.3. The van der Waals surface area contributed by atoms with Crippen LogP contribution >= 0.6 is 0 Å². The van der Waals surface area contributed by atoms with Crippen LogP contribution in [-0.2, 0) is 24.6 Å². The number of hydrogen-bond donors (Lipinski definition) is 0. The van der Waals surface area contributed by atoms with Gasteiger partial charge in [0, 0.05) is 18.8 Å². The molecule has 0 atom stereocenters. The van der Waals surface area contributed by atoms with Crippen LogP contribution in [0.5, 0.6) is 0 Å². The maximum absolute atomic E-state index is 12.0. The smallest absolute Gasteiger partial charge is 0.339 e. The Bertz CT molecular complexity index is 640. The lowest BCUT2D eigenvalue weighted by atomic mass is 9.88. The summed E-state index contributed by atoms with van der Waals surface area (Å²) >= 11 is 0. The van der Waals surface area contributed by atoms with E-state index in [1.54, 1.807) is 0 Å². The third-order valence-electron chi connectivity index (χ3n) is 3.70. The molecule has 0 aliphatic heterocycles. The molecular formula is C16H17NO2. The van der Waals surface area contributed by atoms with Gasteiger partial charge in [0.25, 0.3) is 0 Å². The fourth-order valence-corrected chi connectivity index (χ4v) is 2.90. The predicted molar refractivity (Wildman–Crippen MR) is 74.2 cm³/mol. The van der Waals surface area contributed by atoms with E-state index in [-0.39, 0.29) is 5.97 Å². The summed E-state index contributed by atoms with van der Waals surface area (Å²) in [7, 11) is 1.99. The average Bonchev–Trinajstić information content (AvgIpc) is 2.77. The van der Waals surface area contributed by atoms with Crippen molar-refractivity contribution < 1.29 is 9.53 Å². The van der Waals surface area contributed by atoms with Crippen molar-refractivity contribution in [2.45, 2.75) is 19.8 Å². The fourth-order valence-electron chi connectivity index (χ4n) is 2.90. The summed E-state index contributed by atoms with van der Waals surface area (Å²) in [5.41, 5.74) is 5.59. The molecule has 19 heavy (non-hydrogen) atoms. The lowest BCUT2D eigenvalue weighted by molar-refractivity contribution is 0.0525. The zero-order chi connectivity index (χ0) is 13.4. The van der Waals surface area contributed by atoms with Gasteiger partial charge in [0.1, 0.15) is 0 Å². The van der Waals surface area contributed by atoms with Crippen LogP contribution in [0.2, 0.25) is 0 Å². The minimum absolute atomic E-state index is 0.210. The zero-order valence-corrected chi connectivity index (χ0v) is 11.3. The van der Waals surface area contributed by atoms with Crippen LogP contribution in [0.25, 0.3) is 11.3 Å². The first-order chi connectivity index (χ1) is 9.22. The van der Waals surface area contributed by atoms with Gasteiger partial charge in [-0.2, -0.15) is 0 Å². The molecule has 0 fully saturated rings. The Morgan fingerprint density at radius 1 is 1.32 bits per heavy atom. The van der Waals surface area contributed by atoms with Crippen molar-refractivity contribution in [3.8, 4) is 11.3 Å². The summed E-state index contributed by atoms with van der Waals surface area (Å²) in [6.07, 6.45) is 3.78. The van der Waals surface area contributed by atoms with Crippen molar-refractivity contribution in [3.63, 3.8) is 0 Å². The monoisotopic (exact) mass is 255 g/mol. The third-order valence-corrected chi connectivity index (χ3v) is 3.70. The third kappa shape index (κ3) is 1.86. The topological polar surface area (TPSA) is 31.2 Å². The number of ether oxygens (including phenoxy) is 1. The number of carbonyl (C=O) groups excluding carboxylic acids is 1. The van der Waals surface area contributed by atoms with E-state index in [9.17, 15) is 4.79 Å². The molecule has 1 aromatic carbocycles. The fraction of sp³-hybridized carbons (Fsp3) is 0.312. The first-order valence-electron chi connectivity index (χ1n) is 6.66. The largest absolute Gasteiger partial charge is 0.462 e. The molecule has 0 radical (unpaired) electrons. The van der Waals surface area contributed by atoms with Gasteiger partial charge in [-0.25, -0.2) is 4.79 Å². The van der Waals surface area contributed by atoms with E-state index >= 15 is 0 Å². The van der Waals surface area contributed by atoms with Crippen LogP contribution in [0.3, 0.4) is 0 Å². The number of rotatable bonds is 2. The molecule has 3 rings (SSSR count). The Morgan fingerprint density at radius 2 is 2.11 bits per heavy atom. The number of aromatic nitrogens is 1. The highest BCUT2D eigenvalue weighted by atomic mass is 16.5. The quantitative estimate of drug-likeness (QED) is 0.772. The van der Waals surface area contributed by atoms with E-state index in [1.165, 1.54) is 11.1 Å². The van der Waals surface area contributed by atoms with Crippen LogP contribution in [0.4, 0.5) is 0 Å². The van der Waals surface area contributed by atoms with Gasteiger partial charge >= 0.3 is 5.97 Å². The number of esters is 1. The van der Waals surface area contributed by atoms with Crippen molar-refractivity contribution in [1.29, 1.82) is 0 Å². The molecule has 0 saturated carbocycles. The Labute approximate surface area is 112 Å². The highest BCUT2D eigenvalue weighted by molar-refractivity contribution is 5.94. The maximum Gasteiger partial charge on any atom is 0.339 e. The number of aryl methyl sites for hydroxylation is 2. The standard InChI is InChI=1S/C16H17NO2/c1-3-19-16(18)14-10-17(2)15-12-7-5-4-6-11(12)8-9-13(14)15/h4-7,10H,3,8-9H2,1-2H3. The predicted octanol–water partition coefficient (Wildman–Crippen LogP) is 2.97. The Balaban J connectivity index is 2.15. The van der Waals surface area contributed by atoms with Gasteiger partial charge in [-0.1, -0.05) is 24.3 Å². The summed E-state index contributed by atoms with van der Waals surface area (Å²) in [4.78, 5) is 12.0. The van der Waals surface area contributed by atoms with Crippen LogP contribution in [0, 0.1) is 0 Å². The molecule has 1 heterocycles. The van der Waals surface area contributed by atoms with Gasteiger partial charge in [0.2, 0.25) is 0 Å². The normalized spacial score (nSPS) is 12.7. The second kappa shape index (κ2) is 4.57. The van der Waals surface area contributed by atoms with Gasteiger partial charge < -0.3 is 9.30 Å². The van der Waals surface area contributed by atoms with Crippen LogP contribution < -0.4 is 0 Å². The second-order valence-electron chi connectivity index (χ2n) is 4.86. The SMILES string of the molecule is CCOC(=O)c1cn(C)c2c1CCc1ccccc1-2. The Hall–Kier alpha value is -2.03. The number of hydrogen-bond acceptors (Lipinski definition) is 2. The van der Waals surface area contributed by atoms with Crippen LogP contribution in [0.15, 0.2) is 30.5 Å². The van der Waals surface area contributed by atoms with Gasteiger partial charge in [-0.15, -0.1) is 0 Å². The van der Waals surface area contributed by atoms with E-state index in [0.717, 1.165) is 24.1 Å². The van der Waals surface area contributed by atoms with E-state index in [2.05, 4.69) is 18.2 Å². The molecule has 0 N–H and O–H groups in total. The van der Waals surface area contributed by atoms with Gasteiger partial charge in [-0.3, -0.25) is 0 Å². The molecule has 0 bridgehead atoms. The Kier molecular flexibility index (Phi) is 2.90. The molecule has 1 aromatic heterocycles. The van der Waals surface area contributed by atoms with Crippen LogP contribution in [0.1, 0.15) is 28.4 Å². The summed E-state index contributed by atoms with van der Waals surface area (Å²) < 4.78 is 7.18. The number of nitrogens with zero attached hydrogens (tertiary/aromatic N) is 1. The number of benzene rings is 1. The lowest BCUT2D eigenvalue weighted by Gasteiger charge is -2.18. The van der Waals surface area contributed by atoms with E-state index in [4.69, 9.17) is 4.74 Å². The first kappa shape index (κ1) is 12.0. The van der Waals surface area contributed by atoms with Gasteiger partial charge in [0.05, 0.1) is 17.9 Å². The summed E-state index contributed by atoms with van der Waals surface area (Å²) in [6.45, 7) is 2.25. The van der Waals surface area contributed by atoms with Gasteiger partial charge in [0.15, 0.2) is 0 Å². The minimum atomic E-state index is -0.210. The van der Waals surface area contributed by atoms with Crippen molar-refractivity contribution in [2.75, 3.05) is 6.61 Å². The van der Waals surface area contributed by atoms with Crippen molar-refractivity contribution in [1.82, 2.24) is 4.57 Å². The number of fused-ring (bicyclic) bond motifs is 3. The molecule has 2 aromatic rings. The molecule has 1 aliphatic carbocycles. The van der Waals surface area contributed by atoms with Crippen molar-refractivity contribution in [2.24, 2.45) is 7.05 Å². The lowest BCUT2D eigenvalue weighted by Crippen LogP contribution is -2.10. The van der Waals surface area contributed by atoms with E-state index < -0.39 is 0 Å². The van der Waals surface area contributed by atoms with E-state index in [0.29, 0.717) is 12.2 Å².